The molecule has 96 valence electrons. The molecule has 1 unspecified atom stereocenters. The number of carbonyl (C=O) groups is 1. The normalized spacial score (nSPS) is 12.4. The van der Waals surface area contributed by atoms with Gasteiger partial charge in [-0.2, -0.15) is 0 Å². The summed E-state index contributed by atoms with van der Waals surface area (Å²) in [6.45, 7) is 5.43. The molecule has 0 bridgehead atoms. The van der Waals surface area contributed by atoms with Crippen LogP contribution < -0.4 is 11.1 Å². The Morgan fingerprint density at radius 2 is 2.29 bits per heavy atom. The lowest BCUT2D eigenvalue weighted by molar-refractivity contribution is 0.0944. The predicted octanol–water partition coefficient (Wildman–Crippen LogP) is 1.95. The fraction of sp³-hybridized carbons (Fsp3) is 0.615. The van der Waals surface area contributed by atoms with Crippen molar-refractivity contribution in [3.05, 3.63) is 23.7 Å². The van der Waals surface area contributed by atoms with Gasteiger partial charge in [0, 0.05) is 13.0 Å². The summed E-state index contributed by atoms with van der Waals surface area (Å²) in [5, 5.41) is 2.94. The van der Waals surface area contributed by atoms with E-state index in [1.807, 2.05) is 6.92 Å². The van der Waals surface area contributed by atoms with Crippen molar-refractivity contribution < 1.29 is 9.21 Å². The molecule has 0 saturated heterocycles. The average Bonchev–Trinajstić information content (AvgIpc) is 2.82. The standard InChI is InChI=1S/C13H22N2O2/c1-3-10(5-7-14)9-15-13(16)11-6-8-17-12(11)4-2/h6,8,10H,3-5,7,9,14H2,1-2H3,(H,15,16). The van der Waals surface area contributed by atoms with E-state index in [9.17, 15) is 4.79 Å². The smallest absolute Gasteiger partial charge is 0.254 e. The van der Waals surface area contributed by atoms with E-state index in [0.29, 0.717) is 24.6 Å². The molecule has 0 aromatic carbocycles. The first-order valence-corrected chi connectivity index (χ1v) is 6.27. The maximum absolute atomic E-state index is 11.9. The number of carbonyl (C=O) groups excluding carboxylic acids is 1. The molecule has 4 nitrogen and oxygen atoms in total. The summed E-state index contributed by atoms with van der Waals surface area (Å²) in [6.07, 6.45) is 4.27. The highest BCUT2D eigenvalue weighted by atomic mass is 16.3. The van der Waals surface area contributed by atoms with Crippen LogP contribution in [-0.2, 0) is 6.42 Å². The summed E-state index contributed by atoms with van der Waals surface area (Å²) < 4.78 is 5.23. The predicted molar refractivity (Wildman–Crippen MR) is 67.9 cm³/mol. The van der Waals surface area contributed by atoms with Crippen LogP contribution in [0, 0.1) is 5.92 Å². The molecule has 0 spiro atoms. The molecule has 4 heteroatoms. The third-order valence-electron chi connectivity index (χ3n) is 3.01. The molecule has 1 aromatic rings. The van der Waals surface area contributed by atoms with Crippen LogP contribution in [0.25, 0.3) is 0 Å². The number of nitrogens with one attached hydrogen (secondary N) is 1. The molecular formula is C13H22N2O2. The van der Waals surface area contributed by atoms with Gasteiger partial charge in [-0.1, -0.05) is 20.3 Å². The molecule has 0 fully saturated rings. The number of rotatable bonds is 7. The number of hydrogen-bond donors (Lipinski definition) is 2. The molecular weight excluding hydrogens is 216 g/mol. The van der Waals surface area contributed by atoms with Gasteiger partial charge in [0.15, 0.2) is 0 Å². The van der Waals surface area contributed by atoms with Gasteiger partial charge in [-0.15, -0.1) is 0 Å². The van der Waals surface area contributed by atoms with E-state index < -0.39 is 0 Å². The van der Waals surface area contributed by atoms with Crippen LogP contribution in [0.5, 0.6) is 0 Å². The van der Waals surface area contributed by atoms with Crippen molar-refractivity contribution in [2.45, 2.75) is 33.1 Å². The second-order valence-electron chi connectivity index (χ2n) is 4.17. The second-order valence-corrected chi connectivity index (χ2v) is 4.17. The lowest BCUT2D eigenvalue weighted by Gasteiger charge is -2.14. The Hall–Kier alpha value is -1.29. The first-order valence-electron chi connectivity index (χ1n) is 6.27. The minimum absolute atomic E-state index is 0.0499. The van der Waals surface area contributed by atoms with Crippen LogP contribution in [0.3, 0.4) is 0 Å². The van der Waals surface area contributed by atoms with E-state index >= 15 is 0 Å². The summed E-state index contributed by atoms with van der Waals surface area (Å²) in [7, 11) is 0. The van der Waals surface area contributed by atoms with Crippen LogP contribution in [0.4, 0.5) is 0 Å². The Bertz CT molecular complexity index is 347. The Morgan fingerprint density at radius 1 is 1.53 bits per heavy atom. The number of nitrogens with two attached hydrogens (primary N) is 1. The molecule has 1 amide bonds. The third kappa shape index (κ3) is 3.89. The van der Waals surface area contributed by atoms with Crippen molar-refractivity contribution in [2.75, 3.05) is 13.1 Å². The van der Waals surface area contributed by atoms with Gasteiger partial charge in [-0.3, -0.25) is 4.79 Å². The largest absolute Gasteiger partial charge is 0.469 e. The topological polar surface area (TPSA) is 68.3 Å². The summed E-state index contributed by atoms with van der Waals surface area (Å²) in [6, 6.07) is 1.72. The van der Waals surface area contributed by atoms with E-state index in [4.69, 9.17) is 10.2 Å². The summed E-state index contributed by atoms with van der Waals surface area (Å²) >= 11 is 0. The highest BCUT2D eigenvalue weighted by Gasteiger charge is 2.14. The zero-order valence-electron chi connectivity index (χ0n) is 10.7. The van der Waals surface area contributed by atoms with Crippen LogP contribution in [-0.4, -0.2) is 19.0 Å². The lowest BCUT2D eigenvalue weighted by atomic mass is 10.0. The van der Waals surface area contributed by atoms with Crippen molar-refractivity contribution >= 4 is 5.91 Å². The fourth-order valence-electron chi connectivity index (χ4n) is 1.84. The number of aryl methyl sites for hydroxylation is 1. The third-order valence-corrected chi connectivity index (χ3v) is 3.01. The Balaban J connectivity index is 2.49. The molecule has 0 aliphatic rings. The van der Waals surface area contributed by atoms with Crippen molar-refractivity contribution in [2.24, 2.45) is 11.7 Å². The van der Waals surface area contributed by atoms with E-state index in [1.54, 1.807) is 12.3 Å². The monoisotopic (exact) mass is 238 g/mol. The Morgan fingerprint density at radius 3 is 2.88 bits per heavy atom. The molecule has 17 heavy (non-hydrogen) atoms. The van der Waals surface area contributed by atoms with Crippen LogP contribution >= 0.6 is 0 Å². The number of hydrogen-bond acceptors (Lipinski definition) is 3. The molecule has 1 heterocycles. The molecule has 3 N–H and O–H groups in total. The van der Waals surface area contributed by atoms with Gasteiger partial charge in [0.25, 0.3) is 5.91 Å². The summed E-state index contributed by atoms with van der Waals surface area (Å²) in [5.74, 6) is 1.15. The van der Waals surface area contributed by atoms with Gasteiger partial charge in [0.05, 0.1) is 11.8 Å². The van der Waals surface area contributed by atoms with Gasteiger partial charge in [0.1, 0.15) is 5.76 Å². The van der Waals surface area contributed by atoms with Gasteiger partial charge < -0.3 is 15.5 Å². The van der Waals surface area contributed by atoms with Gasteiger partial charge in [-0.25, -0.2) is 0 Å². The van der Waals surface area contributed by atoms with Gasteiger partial charge in [0.2, 0.25) is 0 Å². The van der Waals surface area contributed by atoms with E-state index in [-0.39, 0.29) is 5.91 Å². The zero-order valence-corrected chi connectivity index (χ0v) is 10.7. The van der Waals surface area contributed by atoms with Gasteiger partial charge in [-0.05, 0) is 24.9 Å². The first-order chi connectivity index (χ1) is 8.22. The van der Waals surface area contributed by atoms with E-state index in [1.165, 1.54) is 0 Å². The highest BCUT2D eigenvalue weighted by molar-refractivity contribution is 5.95. The van der Waals surface area contributed by atoms with Crippen LogP contribution in [0.1, 0.15) is 42.8 Å². The fourth-order valence-corrected chi connectivity index (χ4v) is 1.84. The van der Waals surface area contributed by atoms with E-state index in [0.717, 1.165) is 25.0 Å². The molecule has 1 aromatic heterocycles. The SMILES string of the molecule is CCc1occc1C(=O)NCC(CC)CCN. The maximum atomic E-state index is 11.9. The molecule has 0 saturated carbocycles. The Labute approximate surface area is 103 Å². The zero-order chi connectivity index (χ0) is 12.7. The minimum Gasteiger partial charge on any atom is -0.469 e. The molecule has 0 radical (unpaired) electrons. The minimum atomic E-state index is -0.0499. The molecule has 1 rings (SSSR count). The molecule has 0 aliphatic heterocycles. The van der Waals surface area contributed by atoms with Crippen molar-refractivity contribution in [3.8, 4) is 0 Å². The van der Waals surface area contributed by atoms with Crippen LogP contribution in [0.15, 0.2) is 16.7 Å². The molecule has 1 atom stereocenters. The average molecular weight is 238 g/mol. The molecule has 0 aliphatic carbocycles. The quantitative estimate of drug-likeness (QED) is 0.763. The Kier molecular flexibility index (Phi) is 5.77. The van der Waals surface area contributed by atoms with E-state index in [2.05, 4.69) is 12.2 Å². The van der Waals surface area contributed by atoms with Crippen LogP contribution in [0.2, 0.25) is 0 Å². The van der Waals surface area contributed by atoms with Crippen molar-refractivity contribution in [1.82, 2.24) is 5.32 Å². The highest BCUT2D eigenvalue weighted by Crippen LogP contribution is 2.11. The van der Waals surface area contributed by atoms with Crippen molar-refractivity contribution in [1.29, 1.82) is 0 Å². The van der Waals surface area contributed by atoms with Crippen molar-refractivity contribution in [3.63, 3.8) is 0 Å². The number of furan rings is 1. The second kappa shape index (κ2) is 7.12. The summed E-state index contributed by atoms with van der Waals surface area (Å²) in [4.78, 5) is 11.9. The first kappa shape index (κ1) is 13.8. The summed E-state index contributed by atoms with van der Waals surface area (Å²) in [5.41, 5.74) is 6.17. The maximum Gasteiger partial charge on any atom is 0.254 e. The number of amides is 1. The lowest BCUT2D eigenvalue weighted by Crippen LogP contribution is -2.30. The van der Waals surface area contributed by atoms with Gasteiger partial charge >= 0.3 is 0 Å².